The molecule has 0 aliphatic carbocycles. The minimum Gasteiger partial charge on any atom is -0.263 e. The number of fused-ring (bicyclic) bond motifs is 5. The SMILES string of the molecule is Cc1ccccc1-n1c(C)[n+]2cccc2n2cccc2n2cccc12. The highest BCUT2D eigenvalue weighted by atomic mass is 15.2. The zero-order chi connectivity index (χ0) is 17.0. The van der Waals surface area contributed by atoms with E-state index in [9.17, 15) is 0 Å². The minimum absolute atomic E-state index is 1.13. The molecule has 0 fully saturated rings. The van der Waals surface area contributed by atoms with Gasteiger partial charge in [-0.25, -0.2) is 13.4 Å². The van der Waals surface area contributed by atoms with Crippen molar-refractivity contribution < 1.29 is 4.40 Å². The maximum atomic E-state index is 2.33. The number of hydrogen-bond donors (Lipinski definition) is 0. The van der Waals surface area contributed by atoms with E-state index in [2.05, 4.69) is 111 Å². The van der Waals surface area contributed by atoms with Crippen molar-refractivity contribution in [3.8, 4) is 5.69 Å². The maximum absolute atomic E-state index is 2.33. The Bertz CT molecular complexity index is 1270. The van der Waals surface area contributed by atoms with Crippen LogP contribution in [0, 0.1) is 13.8 Å². The summed E-state index contributed by atoms with van der Waals surface area (Å²) in [6, 6.07) is 21.3. The molecule has 0 saturated heterocycles. The van der Waals surface area contributed by atoms with E-state index in [-0.39, 0.29) is 0 Å². The molecule has 0 amide bonds. The predicted molar refractivity (Wildman–Crippen MR) is 99.1 cm³/mol. The maximum Gasteiger partial charge on any atom is 0.238 e. The first-order valence-corrected chi connectivity index (χ1v) is 8.48. The molecular weight excluding hydrogens is 308 g/mol. The molecule has 0 spiro atoms. The van der Waals surface area contributed by atoms with Crippen molar-refractivity contribution in [3.63, 3.8) is 0 Å². The lowest BCUT2D eigenvalue weighted by Gasteiger charge is -2.11. The quantitative estimate of drug-likeness (QED) is 0.416. The average Bonchev–Trinajstić information content (AvgIpc) is 3.34. The van der Waals surface area contributed by atoms with Gasteiger partial charge in [0, 0.05) is 19.2 Å². The second-order valence-corrected chi connectivity index (χ2v) is 6.38. The van der Waals surface area contributed by atoms with E-state index in [0.717, 1.165) is 22.8 Å². The van der Waals surface area contributed by atoms with E-state index in [0.29, 0.717) is 0 Å². The molecule has 0 saturated carbocycles. The van der Waals surface area contributed by atoms with Crippen molar-refractivity contribution in [1.82, 2.24) is 13.4 Å². The van der Waals surface area contributed by atoms with Crippen LogP contribution < -0.4 is 4.40 Å². The molecule has 0 aliphatic heterocycles. The van der Waals surface area contributed by atoms with Gasteiger partial charge in [-0.1, -0.05) is 18.2 Å². The first-order chi connectivity index (χ1) is 12.3. The van der Waals surface area contributed by atoms with Gasteiger partial charge in [0.15, 0.2) is 11.3 Å². The second kappa shape index (κ2) is 5.11. The van der Waals surface area contributed by atoms with Gasteiger partial charge in [0.1, 0.15) is 5.69 Å². The summed E-state index contributed by atoms with van der Waals surface area (Å²) < 4.78 is 9.04. The van der Waals surface area contributed by atoms with Crippen LogP contribution in [0.5, 0.6) is 0 Å². The third-order valence-electron chi connectivity index (χ3n) is 4.93. The molecule has 25 heavy (non-hydrogen) atoms. The predicted octanol–water partition coefficient (Wildman–Crippen LogP) is 3.90. The van der Waals surface area contributed by atoms with E-state index >= 15 is 0 Å². The normalized spacial score (nSPS) is 11.6. The highest BCUT2D eigenvalue weighted by molar-refractivity contribution is 5.59. The number of nitrogens with zero attached hydrogens (tertiary/aromatic N) is 4. The lowest BCUT2D eigenvalue weighted by Crippen LogP contribution is -2.28. The van der Waals surface area contributed by atoms with E-state index in [1.165, 1.54) is 11.3 Å². The summed E-state index contributed by atoms with van der Waals surface area (Å²) in [7, 11) is 0. The van der Waals surface area contributed by atoms with E-state index in [1.54, 1.807) is 0 Å². The van der Waals surface area contributed by atoms with Gasteiger partial charge in [0.05, 0.1) is 12.4 Å². The summed E-state index contributed by atoms with van der Waals surface area (Å²) in [5, 5.41) is 0. The van der Waals surface area contributed by atoms with Crippen LogP contribution in [0.25, 0.3) is 22.6 Å². The van der Waals surface area contributed by atoms with Crippen LogP contribution in [0.2, 0.25) is 0 Å². The Morgan fingerprint density at radius 3 is 2.32 bits per heavy atom. The summed E-state index contributed by atoms with van der Waals surface area (Å²) in [6.45, 7) is 4.33. The molecule has 0 radical (unpaired) electrons. The fraction of sp³-hybridized carbons (Fsp3) is 0.0952. The van der Waals surface area contributed by atoms with Gasteiger partial charge in [-0.3, -0.25) is 4.40 Å². The van der Waals surface area contributed by atoms with Crippen molar-refractivity contribution in [2.45, 2.75) is 13.8 Å². The number of rotatable bonds is 1. The van der Waals surface area contributed by atoms with Crippen LogP contribution in [0.1, 0.15) is 11.4 Å². The molecule has 4 aromatic heterocycles. The summed E-state index contributed by atoms with van der Waals surface area (Å²) in [6.07, 6.45) is 6.36. The topological polar surface area (TPSA) is 17.9 Å². The molecule has 0 bridgehead atoms. The number of aryl methyl sites for hydroxylation is 2. The number of benzene rings is 1. The van der Waals surface area contributed by atoms with E-state index in [1.807, 2.05) is 0 Å². The van der Waals surface area contributed by atoms with E-state index in [4.69, 9.17) is 0 Å². The Hall–Kier alpha value is -3.27. The highest BCUT2D eigenvalue weighted by Gasteiger charge is 2.17. The van der Waals surface area contributed by atoms with Crippen LogP contribution in [-0.4, -0.2) is 13.4 Å². The van der Waals surface area contributed by atoms with Crippen LogP contribution in [-0.2, 0) is 0 Å². The summed E-state index contributed by atoms with van der Waals surface area (Å²) in [4.78, 5) is 0. The van der Waals surface area contributed by atoms with Gasteiger partial charge in [-0.05, 0) is 48.9 Å². The van der Waals surface area contributed by atoms with E-state index < -0.39 is 0 Å². The Kier molecular flexibility index (Phi) is 2.88. The molecule has 1 aromatic carbocycles. The van der Waals surface area contributed by atoms with Gasteiger partial charge in [-0.15, -0.1) is 0 Å². The van der Waals surface area contributed by atoms with Gasteiger partial charge < -0.3 is 0 Å². The van der Waals surface area contributed by atoms with Crippen molar-refractivity contribution in [2.75, 3.05) is 0 Å². The fourth-order valence-corrected chi connectivity index (χ4v) is 3.74. The molecular formula is C21H19N4+. The largest absolute Gasteiger partial charge is 0.263 e. The lowest BCUT2D eigenvalue weighted by molar-refractivity contribution is -0.523. The molecule has 4 heterocycles. The number of para-hydroxylation sites is 1. The summed E-state index contributed by atoms with van der Waals surface area (Å²) >= 11 is 0. The van der Waals surface area contributed by atoms with Crippen LogP contribution in [0.15, 0.2) is 79.3 Å². The molecule has 0 atom stereocenters. The minimum atomic E-state index is 1.13. The molecule has 0 aliphatic rings. The molecule has 5 aromatic rings. The Balaban J connectivity index is 2.14. The summed E-state index contributed by atoms with van der Waals surface area (Å²) in [5.74, 6) is 1.15. The molecule has 4 heteroatoms. The second-order valence-electron chi connectivity index (χ2n) is 6.38. The number of aromatic nitrogens is 4. The van der Waals surface area contributed by atoms with Crippen molar-refractivity contribution >= 4 is 16.9 Å². The first-order valence-electron chi connectivity index (χ1n) is 8.48. The third-order valence-corrected chi connectivity index (χ3v) is 4.93. The fourth-order valence-electron chi connectivity index (χ4n) is 3.74. The molecule has 0 N–H and O–H groups in total. The third kappa shape index (κ3) is 1.91. The Morgan fingerprint density at radius 1 is 0.720 bits per heavy atom. The van der Waals surface area contributed by atoms with Gasteiger partial charge in [-0.2, -0.15) is 0 Å². The Morgan fingerprint density at radius 2 is 1.48 bits per heavy atom. The molecule has 5 rings (SSSR count). The zero-order valence-corrected chi connectivity index (χ0v) is 14.3. The smallest absolute Gasteiger partial charge is 0.238 e. The van der Waals surface area contributed by atoms with Crippen LogP contribution in [0.4, 0.5) is 0 Å². The van der Waals surface area contributed by atoms with Gasteiger partial charge in [0.25, 0.3) is 0 Å². The van der Waals surface area contributed by atoms with Crippen molar-refractivity contribution in [2.24, 2.45) is 0 Å². The molecule has 122 valence electrons. The monoisotopic (exact) mass is 327 g/mol. The zero-order valence-electron chi connectivity index (χ0n) is 14.3. The van der Waals surface area contributed by atoms with Crippen LogP contribution >= 0.6 is 0 Å². The standard InChI is InChI=1S/C21H19N4/c1-16-8-3-4-9-18(16)25-17(2)22-13-5-10-19(22)23-14-6-11-20(23)24-15-7-12-21(24)25/h3-15H,1-2H3/q+1. The van der Waals surface area contributed by atoms with Gasteiger partial charge in [0.2, 0.25) is 11.5 Å². The number of hydrogen-bond acceptors (Lipinski definition) is 0. The highest BCUT2D eigenvalue weighted by Crippen LogP contribution is 2.20. The Labute approximate surface area is 145 Å². The van der Waals surface area contributed by atoms with Crippen molar-refractivity contribution in [1.29, 1.82) is 0 Å². The average molecular weight is 327 g/mol. The molecule has 4 nitrogen and oxygen atoms in total. The van der Waals surface area contributed by atoms with Crippen LogP contribution in [0.3, 0.4) is 0 Å². The first kappa shape index (κ1) is 14.1. The lowest BCUT2D eigenvalue weighted by atomic mass is 10.2. The van der Waals surface area contributed by atoms with Gasteiger partial charge >= 0.3 is 0 Å². The molecule has 0 unspecified atom stereocenters. The summed E-state index contributed by atoms with van der Waals surface area (Å²) in [5.41, 5.74) is 5.84. The van der Waals surface area contributed by atoms with Crippen molar-refractivity contribution in [3.05, 3.63) is 90.6 Å².